The summed E-state index contributed by atoms with van der Waals surface area (Å²) in [7, 11) is 3.09. The number of carbonyl (C=O) groups is 1. The Balaban J connectivity index is 1.57. The van der Waals surface area contributed by atoms with E-state index >= 15 is 0 Å². The van der Waals surface area contributed by atoms with Crippen molar-refractivity contribution in [1.82, 2.24) is 4.57 Å². The Kier molecular flexibility index (Phi) is 9.93. The average Bonchev–Trinajstić information content (AvgIpc) is 3.34. The van der Waals surface area contributed by atoms with Gasteiger partial charge in [0.05, 0.1) is 36.1 Å². The summed E-state index contributed by atoms with van der Waals surface area (Å²) in [5, 5.41) is 0. The third kappa shape index (κ3) is 6.61. The molecule has 1 aliphatic heterocycles. The molecule has 44 heavy (non-hydrogen) atoms. The first-order valence-corrected chi connectivity index (χ1v) is 15.0. The van der Waals surface area contributed by atoms with Crippen molar-refractivity contribution in [3.63, 3.8) is 0 Å². The number of hydrogen-bond donors (Lipinski definition) is 0. The first-order valence-electron chi connectivity index (χ1n) is 14.2. The van der Waals surface area contributed by atoms with Crippen LogP contribution in [-0.2, 0) is 20.9 Å². The minimum Gasteiger partial charge on any atom is -0.496 e. The van der Waals surface area contributed by atoms with Gasteiger partial charge in [0, 0.05) is 12.7 Å². The Morgan fingerprint density at radius 1 is 0.955 bits per heavy atom. The van der Waals surface area contributed by atoms with Crippen molar-refractivity contribution in [3.8, 4) is 17.2 Å². The molecule has 0 radical (unpaired) electrons. The molecule has 9 nitrogen and oxygen atoms in total. The van der Waals surface area contributed by atoms with Crippen LogP contribution in [0.15, 0.2) is 93.9 Å². The highest BCUT2D eigenvalue weighted by Gasteiger charge is 2.35. The second-order valence-electron chi connectivity index (χ2n) is 9.87. The summed E-state index contributed by atoms with van der Waals surface area (Å²) in [6.07, 6.45) is 1.79. The number of methoxy groups -OCH3 is 2. The number of hydrogen-bond acceptors (Lipinski definition) is 9. The second kappa shape index (κ2) is 14.2. The third-order valence-corrected chi connectivity index (χ3v) is 7.98. The standard InChI is InChI=1S/C34H34N2O7S/c1-5-41-28-19-24(15-16-27(28)43-21-23-11-7-6-8-12-23)20-29-32(37)36-31(25-13-9-10-14-26(25)40-4)30(22(2)35-34(36)44-29)33(38)42-18-17-39-3/h6-16,19-20,31H,5,17-18,21H2,1-4H3. The van der Waals surface area contributed by atoms with Crippen LogP contribution in [0.2, 0.25) is 0 Å². The van der Waals surface area contributed by atoms with Crippen LogP contribution in [0.1, 0.15) is 36.6 Å². The molecular formula is C34H34N2O7S. The molecule has 10 heteroatoms. The Hall–Kier alpha value is -4.67. The topological polar surface area (TPSA) is 97.6 Å². The van der Waals surface area contributed by atoms with Gasteiger partial charge in [0.2, 0.25) is 0 Å². The maximum Gasteiger partial charge on any atom is 0.338 e. The van der Waals surface area contributed by atoms with Gasteiger partial charge in [-0.3, -0.25) is 9.36 Å². The third-order valence-electron chi connectivity index (χ3n) is 7.00. The molecule has 1 aliphatic rings. The van der Waals surface area contributed by atoms with E-state index < -0.39 is 12.0 Å². The number of para-hydroxylation sites is 1. The van der Waals surface area contributed by atoms with Crippen molar-refractivity contribution in [2.75, 3.05) is 34.0 Å². The largest absolute Gasteiger partial charge is 0.496 e. The fourth-order valence-corrected chi connectivity index (χ4v) is 6.00. The molecule has 0 spiro atoms. The number of thiazole rings is 1. The van der Waals surface area contributed by atoms with Crippen molar-refractivity contribution in [2.24, 2.45) is 4.99 Å². The van der Waals surface area contributed by atoms with E-state index in [1.807, 2.05) is 73.7 Å². The maximum absolute atomic E-state index is 14.1. The highest BCUT2D eigenvalue weighted by atomic mass is 32.1. The number of ether oxygens (including phenoxy) is 5. The predicted molar refractivity (Wildman–Crippen MR) is 168 cm³/mol. The fourth-order valence-electron chi connectivity index (χ4n) is 4.95. The lowest BCUT2D eigenvalue weighted by molar-refractivity contribution is -0.140. The lowest BCUT2D eigenvalue weighted by Gasteiger charge is -2.26. The van der Waals surface area contributed by atoms with Crippen molar-refractivity contribution < 1.29 is 28.5 Å². The molecule has 5 rings (SSSR count). The number of rotatable bonds is 12. The highest BCUT2D eigenvalue weighted by Crippen LogP contribution is 2.36. The molecule has 1 unspecified atom stereocenters. The Morgan fingerprint density at radius 3 is 2.48 bits per heavy atom. The predicted octanol–water partition coefficient (Wildman–Crippen LogP) is 4.41. The molecule has 0 aliphatic carbocycles. The molecule has 4 aromatic rings. The fraction of sp³-hybridized carbons (Fsp3) is 0.265. The summed E-state index contributed by atoms with van der Waals surface area (Å²) in [6.45, 7) is 4.82. The summed E-state index contributed by atoms with van der Waals surface area (Å²) < 4.78 is 30.1. The van der Waals surface area contributed by atoms with Crippen LogP contribution in [-0.4, -0.2) is 44.6 Å². The van der Waals surface area contributed by atoms with Gasteiger partial charge >= 0.3 is 5.97 Å². The Labute approximate surface area is 259 Å². The van der Waals surface area contributed by atoms with Crippen LogP contribution >= 0.6 is 11.3 Å². The van der Waals surface area contributed by atoms with Crippen LogP contribution in [0, 0.1) is 0 Å². The second-order valence-corrected chi connectivity index (χ2v) is 10.9. The molecule has 2 heterocycles. The van der Waals surface area contributed by atoms with E-state index in [0.29, 0.717) is 51.1 Å². The average molecular weight is 615 g/mol. The van der Waals surface area contributed by atoms with Crippen molar-refractivity contribution in [3.05, 3.63) is 120 Å². The SMILES string of the molecule is CCOc1cc(C=c2sc3n(c2=O)C(c2ccccc2OC)C(C(=O)OCCOC)=C(C)N=3)ccc1OCc1ccccc1. The van der Waals surface area contributed by atoms with Gasteiger partial charge in [0.15, 0.2) is 16.3 Å². The monoisotopic (exact) mass is 614 g/mol. The number of esters is 1. The van der Waals surface area contributed by atoms with Crippen LogP contribution < -0.4 is 29.1 Å². The van der Waals surface area contributed by atoms with E-state index in [-0.39, 0.29) is 24.3 Å². The molecular weight excluding hydrogens is 580 g/mol. The van der Waals surface area contributed by atoms with Crippen LogP contribution in [0.3, 0.4) is 0 Å². The van der Waals surface area contributed by atoms with E-state index in [4.69, 9.17) is 23.7 Å². The van der Waals surface area contributed by atoms with E-state index in [1.165, 1.54) is 23.0 Å². The zero-order valence-corrected chi connectivity index (χ0v) is 25.9. The first kappa shape index (κ1) is 30.8. The number of allylic oxidation sites excluding steroid dienone is 1. The molecule has 1 aromatic heterocycles. The molecule has 0 saturated carbocycles. The molecule has 0 bridgehead atoms. The summed E-state index contributed by atoms with van der Waals surface area (Å²) in [4.78, 5) is 32.6. The van der Waals surface area contributed by atoms with Gasteiger partial charge in [-0.15, -0.1) is 0 Å². The maximum atomic E-state index is 14.1. The van der Waals surface area contributed by atoms with E-state index in [0.717, 1.165) is 11.1 Å². The molecule has 0 fully saturated rings. The highest BCUT2D eigenvalue weighted by molar-refractivity contribution is 7.07. The number of benzene rings is 3. The smallest absolute Gasteiger partial charge is 0.338 e. The molecule has 0 amide bonds. The zero-order valence-electron chi connectivity index (χ0n) is 25.1. The summed E-state index contributed by atoms with van der Waals surface area (Å²) in [6, 6.07) is 22.0. The van der Waals surface area contributed by atoms with Crippen LogP contribution in [0.5, 0.6) is 17.2 Å². The molecule has 228 valence electrons. The van der Waals surface area contributed by atoms with Crippen molar-refractivity contribution in [1.29, 1.82) is 0 Å². The Bertz CT molecular complexity index is 1840. The lowest BCUT2D eigenvalue weighted by atomic mass is 9.95. The van der Waals surface area contributed by atoms with Gasteiger partial charge in [-0.05, 0) is 49.2 Å². The van der Waals surface area contributed by atoms with E-state index in [1.54, 1.807) is 26.2 Å². The van der Waals surface area contributed by atoms with Gasteiger partial charge in [-0.25, -0.2) is 9.79 Å². The molecule has 0 N–H and O–H groups in total. The van der Waals surface area contributed by atoms with Crippen molar-refractivity contribution >= 4 is 23.4 Å². The minimum atomic E-state index is -0.799. The van der Waals surface area contributed by atoms with E-state index in [9.17, 15) is 9.59 Å². The normalized spacial score (nSPS) is 14.5. The van der Waals surface area contributed by atoms with Gasteiger partial charge in [-0.2, -0.15) is 0 Å². The van der Waals surface area contributed by atoms with Crippen LogP contribution in [0.25, 0.3) is 6.08 Å². The number of carbonyl (C=O) groups excluding carboxylic acids is 1. The number of fused-ring (bicyclic) bond motifs is 1. The number of aromatic nitrogens is 1. The summed E-state index contributed by atoms with van der Waals surface area (Å²) >= 11 is 1.25. The zero-order chi connectivity index (χ0) is 31.1. The molecule has 3 aromatic carbocycles. The Morgan fingerprint density at radius 2 is 1.73 bits per heavy atom. The van der Waals surface area contributed by atoms with Gasteiger partial charge < -0.3 is 23.7 Å². The minimum absolute atomic E-state index is 0.0718. The first-order chi connectivity index (χ1) is 21.4. The van der Waals surface area contributed by atoms with Gasteiger partial charge in [0.1, 0.15) is 25.0 Å². The number of nitrogens with zero attached hydrogens (tertiary/aromatic N) is 2. The van der Waals surface area contributed by atoms with Crippen LogP contribution in [0.4, 0.5) is 0 Å². The summed E-state index contributed by atoms with van der Waals surface area (Å²) in [5.74, 6) is 1.16. The van der Waals surface area contributed by atoms with Gasteiger partial charge in [-0.1, -0.05) is 65.9 Å². The lowest BCUT2D eigenvalue weighted by Crippen LogP contribution is -2.40. The van der Waals surface area contributed by atoms with Crippen molar-refractivity contribution in [2.45, 2.75) is 26.5 Å². The summed E-state index contributed by atoms with van der Waals surface area (Å²) in [5.41, 5.74) is 2.89. The van der Waals surface area contributed by atoms with Gasteiger partial charge in [0.25, 0.3) is 5.56 Å². The van der Waals surface area contributed by atoms with E-state index in [2.05, 4.69) is 4.99 Å². The molecule has 1 atom stereocenters. The quantitative estimate of drug-likeness (QED) is 0.172. The molecule has 0 saturated heterocycles.